The zero-order chi connectivity index (χ0) is 6.85. The quantitative estimate of drug-likeness (QED) is 0.493. The highest BCUT2D eigenvalue weighted by Gasteiger charge is 1.96. The number of aryl methyl sites for hydroxylation is 1. The first kappa shape index (κ1) is 6.18. The lowest BCUT2D eigenvalue weighted by Gasteiger charge is -1.85. The summed E-state index contributed by atoms with van der Waals surface area (Å²) in [5, 5.41) is 4.44. The largest absolute Gasteiger partial charge is 0.256 e. The van der Waals surface area contributed by atoms with Crippen LogP contribution in [0.5, 0.6) is 0 Å². The van der Waals surface area contributed by atoms with Gasteiger partial charge in [-0.15, -0.1) is 6.42 Å². The molecule has 0 radical (unpaired) electrons. The van der Waals surface area contributed by atoms with Crippen LogP contribution >= 0.6 is 11.6 Å². The molecule has 0 amide bonds. The zero-order valence-electron chi connectivity index (χ0n) is 4.93. The van der Waals surface area contributed by atoms with Gasteiger partial charge in [0, 0.05) is 13.1 Å². The molecule has 0 aliphatic carbocycles. The summed E-state index contributed by atoms with van der Waals surface area (Å²) in [6, 6.07) is 1.64. The van der Waals surface area contributed by atoms with Gasteiger partial charge < -0.3 is 0 Å². The summed E-state index contributed by atoms with van der Waals surface area (Å²) in [5.74, 6) is 2.37. The highest BCUT2D eigenvalue weighted by molar-refractivity contribution is 6.29. The minimum atomic E-state index is 0.558. The van der Waals surface area contributed by atoms with Gasteiger partial charge >= 0.3 is 0 Å². The molecule has 0 atom stereocenters. The molecule has 0 aliphatic heterocycles. The highest BCUT2D eigenvalue weighted by atomic mass is 35.5. The Morgan fingerprint density at radius 2 is 2.56 bits per heavy atom. The Kier molecular flexibility index (Phi) is 1.46. The number of rotatable bonds is 0. The van der Waals surface area contributed by atoms with Crippen molar-refractivity contribution in [3.05, 3.63) is 16.9 Å². The molecule has 0 saturated heterocycles. The summed E-state index contributed by atoms with van der Waals surface area (Å²) in [7, 11) is 1.74. The normalized spacial score (nSPS) is 9.00. The number of halogens is 1. The van der Waals surface area contributed by atoms with E-state index in [2.05, 4.69) is 11.0 Å². The van der Waals surface area contributed by atoms with Crippen molar-refractivity contribution in [2.24, 2.45) is 7.05 Å². The van der Waals surface area contributed by atoms with Crippen molar-refractivity contribution >= 4 is 11.6 Å². The molecule has 1 rings (SSSR count). The third kappa shape index (κ3) is 1.06. The molecule has 0 aliphatic rings. The number of hydrogen-bond donors (Lipinski definition) is 0. The Bertz CT molecular complexity index is 237. The summed E-state index contributed by atoms with van der Waals surface area (Å²) >= 11 is 5.61. The molecule has 0 fully saturated rings. The number of nitrogens with zero attached hydrogens (tertiary/aromatic N) is 2. The molecule has 0 bridgehead atoms. The van der Waals surface area contributed by atoms with E-state index in [1.54, 1.807) is 13.1 Å². The fourth-order valence-corrected chi connectivity index (χ4v) is 0.656. The smallest absolute Gasteiger partial charge is 0.136 e. The molecule has 1 heterocycles. The van der Waals surface area contributed by atoms with E-state index in [4.69, 9.17) is 18.0 Å². The Morgan fingerprint density at radius 3 is 2.78 bits per heavy atom. The van der Waals surface area contributed by atoms with Crippen LogP contribution in [-0.2, 0) is 7.05 Å². The van der Waals surface area contributed by atoms with Gasteiger partial charge in [0.05, 0.1) is 0 Å². The summed E-state index contributed by atoms with van der Waals surface area (Å²) in [6.07, 6.45) is 5.05. The first-order chi connectivity index (χ1) is 4.24. The third-order valence-corrected chi connectivity index (χ3v) is 1.32. The summed E-state index contributed by atoms with van der Waals surface area (Å²) in [5.41, 5.74) is 0.572. The van der Waals surface area contributed by atoms with E-state index in [9.17, 15) is 0 Å². The molecular formula is C6H5ClN2. The van der Waals surface area contributed by atoms with E-state index in [1.165, 1.54) is 4.68 Å². The number of terminal acetylenes is 1. The van der Waals surface area contributed by atoms with E-state index >= 15 is 0 Å². The van der Waals surface area contributed by atoms with Crippen LogP contribution in [0, 0.1) is 12.3 Å². The van der Waals surface area contributed by atoms with Gasteiger partial charge in [-0.1, -0.05) is 11.6 Å². The third-order valence-electron chi connectivity index (χ3n) is 0.971. The molecule has 0 unspecified atom stereocenters. The lowest BCUT2D eigenvalue weighted by atomic mass is 10.5. The van der Waals surface area contributed by atoms with Crippen LogP contribution in [0.4, 0.5) is 0 Å². The van der Waals surface area contributed by atoms with Crippen molar-refractivity contribution in [2.45, 2.75) is 0 Å². The predicted molar refractivity (Wildman–Crippen MR) is 36.2 cm³/mol. The van der Waals surface area contributed by atoms with Crippen molar-refractivity contribution in [3.8, 4) is 12.3 Å². The lowest BCUT2D eigenvalue weighted by molar-refractivity contribution is 0.765. The molecule has 2 nitrogen and oxygen atoms in total. The van der Waals surface area contributed by atoms with Crippen molar-refractivity contribution in [3.63, 3.8) is 0 Å². The number of aromatic nitrogens is 2. The zero-order valence-corrected chi connectivity index (χ0v) is 5.68. The fourth-order valence-electron chi connectivity index (χ4n) is 0.515. The Balaban J connectivity index is 3.16. The minimum Gasteiger partial charge on any atom is -0.256 e. The molecular weight excluding hydrogens is 136 g/mol. The Hall–Kier alpha value is -0.940. The molecule has 0 N–H and O–H groups in total. The molecule has 9 heavy (non-hydrogen) atoms. The topological polar surface area (TPSA) is 17.8 Å². The Labute approximate surface area is 58.4 Å². The van der Waals surface area contributed by atoms with Crippen LogP contribution in [0.25, 0.3) is 0 Å². The number of hydrogen-bond acceptors (Lipinski definition) is 1. The van der Waals surface area contributed by atoms with Crippen LogP contribution in [0.15, 0.2) is 6.07 Å². The fraction of sp³-hybridized carbons (Fsp3) is 0.167. The molecule has 0 aromatic carbocycles. The van der Waals surface area contributed by atoms with Crippen LogP contribution in [-0.4, -0.2) is 9.78 Å². The summed E-state index contributed by atoms with van der Waals surface area (Å²) in [6.45, 7) is 0. The average Bonchev–Trinajstić information content (AvgIpc) is 2.13. The predicted octanol–water partition coefficient (Wildman–Crippen LogP) is 1.05. The standard InChI is InChI=1S/C6H5ClN2/c1-3-5-4-6(7)9(2)8-5/h1,4H,2H3. The monoisotopic (exact) mass is 140 g/mol. The van der Waals surface area contributed by atoms with E-state index < -0.39 is 0 Å². The summed E-state index contributed by atoms with van der Waals surface area (Å²) < 4.78 is 1.52. The maximum absolute atomic E-state index is 5.61. The minimum absolute atomic E-state index is 0.558. The average molecular weight is 141 g/mol. The lowest BCUT2D eigenvalue weighted by Crippen LogP contribution is -1.89. The van der Waals surface area contributed by atoms with Crippen LogP contribution in [0.3, 0.4) is 0 Å². The van der Waals surface area contributed by atoms with Gasteiger partial charge in [-0.25, -0.2) is 0 Å². The van der Waals surface area contributed by atoms with Crippen molar-refractivity contribution in [2.75, 3.05) is 0 Å². The van der Waals surface area contributed by atoms with Gasteiger partial charge in [0.15, 0.2) is 0 Å². The van der Waals surface area contributed by atoms with Gasteiger partial charge in [0.1, 0.15) is 10.8 Å². The van der Waals surface area contributed by atoms with Crippen LogP contribution in [0.1, 0.15) is 5.69 Å². The van der Waals surface area contributed by atoms with Gasteiger partial charge in [0.25, 0.3) is 0 Å². The second-order valence-electron chi connectivity index (χ2n) is 1.62. The maximum atomic E-state index is 5.61. The second-order valence-corrected chi connectivity index (χ2v) is 2.01. The van der Waals surface area contributed by atoms with E-state index in [-0.39, 0.29) is 0 Å². The van der Waals surface area contributed by atoms with Crippen molar-refractivity contribution in [1.29, 1.82) is 0 Å². The Morgan fingerprint density at radius 1 is 1.89 bits per heavy atom. The molecule has 0 saturated carbocycles. The van der Waals surface area contributed by atoms with Gasteiger partial charge in [-0.05, 0) is 5.92 Å². The van der Waals surface area contributed by atoms with E-state index in [0.29, 0.717) is 10.8 Å². The molecule has 0 spiro atoms. The summed E-state index contributed by atoms with van der Waals surface area (Å²) in [4.78, 5) is 0. The molecule has 3 heteroatoms. The molecule has 46 valence electrons. The van der Waals surface area contributed by atoms with Crippen LogP contribution in [0.2, 0.25) is 5.15 Å². The molecule has 1 aromatic rings. The second kappa shape index (κ2) is 2.12. The first-order valence-corrected chi connectivity index (χ1v) is 2.78. The van der Waals surface area contributed by atoms with E-state index in [1.807, 2.05) is 0 Å². The van der Waals surface area contributed by atoms with Gasteiger partial charge in [-0.2, -0.15) is 5.10 Å². The molecule has 1 aromatic heterocycles. The van der Waals surface area contributed by atoms with E-state index in [0.717, 1.165) is 0 Å². The van der Waals surface area contributed by atoms with Crippen molar-refractivity contribution < 1.29 is 0 Å². The van der Waals surface area contributed by atoms with Gasteiger partial charge in [-0.3, -0.25) is 4.68 Å². The van der Waals surface area contributed by atoms with Crippen LogP contribution < -0.4 is 0 Å². The first-order valence-electron chi connectivity index (χ1n) is 2.40. The van der Waals surface area contributed by atoms with Gasteiger partial charge in [0.2, 0.25) is 0 Å². The maximum Gasteiger partial charge on any atom is 0.136 e. The highest BCUT2D eigenvalue weighted by Crippen LogP contribution is 2.06. The van der Waals surface area contributed by atoms with Crippen molar-refractivity contribution in [1.82, 2.24) is 9.78 Å². The SMILES string of the molecule is C#Cc1cc(Cl)n(C)n1.